The van der Waals surface area contributed by atoms with Gasteiger partial charge < -0.3 is 18.9 Å². The van der Waals surface area contributed by atoms with Crippen LogP contribution in [0.15, 0.2) is 48.5 Å². The van der Waals surface area contributed by atoms with Crippen molar-refractivity contribution in [2.24, 2.45) is 23.7 Å². The molecule has 4 unspecified atom stereocenters. The van der Waals surface area contributed by atoms with Crippen LogP contribution >= 0.6 is 0 Å². The van der Waals surface area contributed by atoms with Crippen molar-refractivity contribution in [2.75, 3.05) is 26.4 Å². The standard InChI is InChI=1S/C60H76O8/c1-9-17-21-37(13-5)33-65-57(61)53-43-29-25-41-27-31-45-51-47(41)49(43)50-44(54(53)58(62)66-34-38(14-6)22-18-10-2)30-26-42-28-32-46(52(51)48(42)50)56(60(64)68-36-40(16-8)24-20-12-4)55(45)59(63)67-35-39(15-7)23-19-11-3/h25-32,37-40H,9-24,33-36H2,1-8H3. The Morgan fingerprint density at radius 1 is 0.338 bits per heavy atom. The second kappa shape index (κ2) is 23.4. The molecule has 7 aromatic carbocycles. The minimum Gasteiger partial charge on any atom is -0.462 e. The van der Waals surface area contributed by atoms with Crippen LogP contribution in [0, 0.1) is 23.7 Å². The van der Waals surface area contributed by atoms with Crippen LogP contribution in [0.25, 0.3) is 64.6 Å². The van der Waals surface area contributed by atoms with Gasteiger partial charge in [-0.2, -0.15) is 0 Å². The molecule has 8 heteroatoms. The summed E-state index contributed by atoms with van der Waals surface area (Å²) < 4.78 is 25.1. The Kier molecular flexibility index (Phi) is 17.4. The molecular formula is C60H76O8. The number of benzene rings is 7. The van der Waals surface area contributed by atoms with E-state index >= 15 is 0 Å². The van der Waals surface area contributed by atoms with Gasteiger partial charge in [0, 0.05) is 0 Å². The highest BCUT2D eigenvalue weighted by atomic mass is 16.5. The Hall–Kier alpha value is -5.24. The lowest BCUT2D eigenvalue weighted by atomic mass is 9.78. The number of esters is 4. The highest BCUT2D eigenvalue weighted by Crippen LogP contribution is 2.52. The van der Waals surface area contributed by atoms with Gasteiger partial charge in [-0.05, 0) is 114 Å². The zero-order valence-corrected chi connectivity index (χ0v) is 42.3. The summed E-state index contributed by atoms with van der Waals surface area (Å²) in [5.41, 5.74) is 0.794. The van der Waals surface area contributed by atoms with Crippen LogP contribution in [-0.4, -0.2) is 50.3 Å². The molecule has 0 saturated heterocycles. The van der Waals surface area contributed by atoms with Crippen molar-refractivity contribution >= 4 is 88.5 Å². The minimum atomic E-state index is -0.553. The first-order valence-electron chi connectivity index (χ1n) is 26.5. The smallest absolute Gasteiger partial charge is 0.339 e. The predicted molar refractivity (Wildman–Crippen MR) is 279 cm³/mol. The highest BCUT2D eigenvalue weighted by Gasteiger charge is 2.35. The van der Waals surface area contributed by atoms with Crippen molar-refractivity contribution in [3.63, 3.8) is 0 Å². The molecule has 7 rings (SSSR count). The van der Waals surface area contributed by atoms with Gasteiger partial charge in [0.15, 0.2) is 0 Å². The lowest BCUT2D eigenvalue weighted by Gasteiger charge is -2.26. The van der Waals surface area contributed by atoms with E-state index in [1.54, 1.807) is 0 Å². The molecule has 0 radical (unpaired) electrons. The van der Waals surface area contributed by atoms with Gasteiger partial charge in [-0.25, -0.2) is 19.2 Å². The van der Waals surface area contributed by atoms with E-state index < -0.39 is 23.9 Å². The number of unbranched alkanes of at least 4 members (excludes halogenated alkanes) is 4. The summed E-state index contributed by atoms with van der Waals surface area (Å²) >= 11 is 0. The Balaban J connectivity index is 1.52. The molecule has 0 saturated carbocycles. The number of carbonyl (C=O) groups is 4. The third-order valence-corrected chi connectivity index (χ3v) is 15.2. The van der Waals surface area contributed by atoms with Gasteiger partial charge in [0.1, 0.15) is 0 Å². The second-order valence-electron chi connectivity index (χ2n) is 19.7. The van der Waals surface area contributed by atoms with E-state index in [1.807, 2.05) is 48.5 Å². The first-order valence-corrected chi connectivity index (χ1v) is 26.5. The molecule has 0 fully saturated rings. The summed E-state index contributed by atoms with van der Waals surface area (Å²) in [6.07, 6.45) is 15.6. The van der Waals surface area contributed by atoms with Crippen LogP contribution in [0.2, 0.25) is 0 Å². The summed E-state index contributed by atoms with van der Waals surface area (Å²) in [7, 11) is 0. The fourth-order valence-corrected chi connectivity index (χ4v) is 10.8. The van der Waals surface area contributed by atoms with E-state index in [2.05, 4.69) is 55.4 Å². The fourth-order valence-electron chi connectivity index (χ4n) is 10.8. The number of hydrogen-bond donors (Lipinski definition) is 0. The topological polar surface area (TPSA) is 105 Å². The third-order valence-electron chi connectivity index (χ3n) is 15.2. The molecule has 364 valence electrons. The summed E-state index contributed by atoms with van der Waals surface area (Å²) in [6, 6.07) is 15.7. The first kappa shape index (κ1) is 50.6. The van der Waals surface area contributed by atoms with E-state index in [4.69, 9.17) is 18.9 Å². The first-order chi connectivity index (χ1) is 33.1. The van der Waals surface area contributed by atoms with Gasteiger partial charge in [-0.3, -0.25) is 0 Å². The average molecular weight is 925 g/mol. The SMILES string of the molecule is CCCCC(CC)COC(=O)c1c(C(=O)OCC(CC)CCCC)c2ccc3ccc4c(C(=O)OCC(CC)CCCC)c(C(=O)OCC(CC)CCCC)c5ccc6ccc1c1c6c5c4c3c21. The molecule has 0 N–H and O–H groups in total. The molecule has 0 amide bonds. The van der Waals surface area contributed by atoms with Gasteiger partial charge in [-0.15, -0.1) is 0 Å². The maximum Gasteiger partial charge on any atom is 0.339 e. The van der Waals surface area contributed by atoms with Crippen LogP contribution < -0.4 is 0 Å². The summed E-state index contributed by atoms with van der Waals surface area (Å²) in [5, 5.41) is 9.13. The van der Waals surface area contributed by atoms with Gasteiger partial charge >= 0.3 is 23.9 Å². The van der Waals surface area contributed by atoms with Gasteiger partial charge in [0.25, 0.3) is 0 Å². The molecule has 7 aromatic rings. The molecule has 0 aliphatic rings. The van der Waals surface area contributed by atoms with Crippen LogP contribution in [0.4, 0.5) is 0 Å². The van der Waals surface area contributed by atoms with Crippen LogP contribution in [0.3, 0.4) is 0 Å². The predicted octanol–water partition coefficient (Wildman–Crippen LogP) is 16.4. The number of rotatable bonds is 28. The maximum atomic E-state index is 14.9. The quantitative estimate of drug-likeness (QED) is 0.0207. The van der Waals surface area contributed by atoms with E-state index in [1.165, 1.54) is 0 Å². The van der Waals surface area contributed by atoms with Crippen molar-refractivity contribution in [1.82, 2.24) is 0 Å². The monoisotopic (exact) mass is 925 g/mol. The average Bonchev–Trinajstić information content (AvgIpc) is 3.36. The fraction of sp³-hybridized carbons (Fsp3) is 0.533. The Morgan fingerprint density at radius 2 is 0.559 bits per heavy atom. The molecule has 0 aliphatic heterocycles. The van der Waals surface area contributed by atoms with E-state index in [0.29, 0.717) is 21.5 Å². The molecule has 8 nitrogen and oxygen atoms in total. The van der Waals surface area contributed by atoms with Crippen molar-refractivity contribution in [3.05, 3.63) is 70.8 Å². The molecule has 0 spiro atoms. The molecule has 0 aliphatic carbocycles. The summed E-state index contributed by atoms with van der Waals surface area (Å²) in [4.78, 5) is 59.7. The number of hydrogen-bond acceptors (Lipinski definition) is 8. The lowest BCUT2D eigenvalue weighted by Crippen LogP contribution is -2.21. The molecule has 0 aromatic heterocycles. The summed E-state index contributed by atoms with van der Waals surface area (Å²) in [6.45, 7) is 18.1. The van der Waals surface area contributed by atoms with Crippen LogP contribution in [0.5, 0.6) is 0 Å². The minimum absolute atomic E-state index is 0.191. The van der Waals surface area contributed by atoms with Crippen molar-refractivity contribution < 1.29 is 38.1 Å². The van der Waals surface area contributed by atoms with E-state index in [-0.39, 0.29) is 72.4 Å². The molecular weight excluding hydrogens is 849 g/mol. The van der Waals surface area contributed by atoms with Crippen molar-refractivity contribution in [1.29, 1.82) is 0 Å². The Bertz CT molecular complexity index is 2430. The van der Waals surface area contributed by atoms with Crippen molar-refractivity contribution in [2.45, 2.75) is 158 Å². The normalized spacial score (nSPS) is 13.9. The zero-order valence-electron chi connectivity index (χ0n) is 42.3. The zero-order chi connectivity index (χ0) is 48.5. The lowest BCUT2D eigenvalue weighted by molar-refractivity contribution is 0.0385. The third kappa shape index (κ3) is 10.1. The van der Waals surface area contributed by atoms with E-state index in [0.717, 1.165) is 146 Å². The molecule has 0 heterocycles. The maximum absolute atomic E-state index is 14.9. The van der Waals surface area contributed by atoms with E-state index in [9.17, 15) is 19.2 Å². The summed E-state index contributed by atoms with van der Waals surface area (Å²) in [5.74, 6) is -1.45. The Morgan fingerprint density at radius 3 is 0.750 bits per heavy atom. The van der Waals surface area contributed by atoms with Gasteiger partial charge in [0.05, 0.1) is 48.7 Å². The molecule has 0 bridgehead atoms. The number of carbonyl (C=O) groups excluding carboxylic acids is 4. The number of ether oxygens (including phenoxy) is 4. The van der Waals surface area contributed by atoms with Gasteiger partial charge in [0.2, 0.25) is 0 Å². The van der Waals surface area contributed by atoms with Crippen molar-refractivity contribution in [3.8, 4) is 0 Å². The van der Waals surface area contributed by atoms with Gasteiger partial charge in [-0.1, -0.05) is 181 Å². The van der Waals surface area contributed by atoms with Crippen LogP contribution in [0.1, 0.15) is 200 Å². The highest BCUT2D eigenvalue weighted by molar-refractivity contribution is 6.48. The van der Waals surface area contributed by atoms with Crippen LogP contribution in [-0.2, 0) is 18.9 Å². The molecule has 68 heavy (non-hydrogen) atoms. The second-order valence-corrected chi connectivity index (χ2v) is 19.7. The Labute approximate surface area is 404 Å². The molecule has 4 atom stereocenters. The largest absolute Gasteiger partial charge is 0.462 e.